The van der Waals surface area contributed by atoms with Gasteiger partial charge in [-0.3, -0.25) is 4.79 Å². The zero-order chi connectivity index (χ0) is 12.9. The van der Waals surface area contributed by atoms with E-state index in [0.29, 0.717) is 39.0 Å². The average Bonchev–Trinajstić information content (AvgIpc) is 2.28. The summed E-state index contributed by atoms with van der Waals surface area (Å²) in [6, 6.07) is -0.451. The minimum absolute atomic E-state index is 0.0910. The van der Waals surface area contributed by atoms with E-state index in [1.54, 1.807) is 11.9 Å². The summed E-state index contributed by atoms with van der Waals surface area (Å²) in [6.45, 7) is 3.45. The molecule has 1 aliphatic heterocycles. The number of nitrogens with two attached hydrogens (primary N) is 1. The standard InChI is InChI=1S/C12H24N2O3/c1-3-4-10(13)11(15)14(2)9-12(16)5-7-17-8-6-12/h10,16H,3-9,13H2,1-2H3/t10-/m1/s1. The van der Waals surface area contributed by atoms with Gasteiger partial charge in [0.2, 0.25) is 5.91 Å². The number of hydrogen-bond acceptors (Lipinski definition) is 4. The first kappa shape index (κ1) is 14.4. The van der Waals surface area contributed by atoms with E-state index in [4.69, 9.17) is 10.5 Å². The minimum Gasteiger partial charge on any atom is -0.388 e. The first-order chi connectivity index (χ1) is 7.98. The Morgan fingerprint density at radius 1 is 1.53 bits per heavy atom. The average molecular weight is 244 g/mol. The quantitative estimate of drug-likeness (QED) is 0.720. The molecule has 1 amide bonds. The lowest BCUT2D eigenvalue weighted by molar-refractivity contribution is -0.138. The lowest BCUT2D eigenvalue weighted by atomic mass is 9.93. The molecule has 0 aliphatic carbocycles. The van der Waals surface area contributed by atoms with Crippen molar-refractivity contribution in [2.75, 3.05) is 26.8 Å². The molecule has 17 heavy (non-hydrogen) atoms. The van der Waals surface area contributed by atoms with Gasteiger partial charge in [-0.25, -0.2) is 0 Å². The van der Waals surface area contributed by atoms with Crippen LogP contribution in [-0.2, 0) is 9.53 Å². The Morgan fingerprint density at radius 3 is 2.65 bits per heavy atom. The van der Waals surface area contributed by atoms with Gasteiger partial charge in [0.15, 0.2) is 0 Å². The summed E-state index contributed by atoms with van der Waals surface area (Å²) in [6.07, 6.45) is 2.73. The molecule has 1 fully saturated rings. The molecule has 0 saturated carbocycles. The summed E-state index contributed by atoms with van der Waals surface area (Å²) in [5.74, 6) is -0.0910. The van der Waals surface area contributed by atoms with Crippen molar-refractivity contribution in [2.45, 2.75) is 44.2 Å². The van der Waals surface area contributed by atoms with E-state index in [-0.39, 0.29) is 5.91 Å². The van der Waals surface area contributed by atoms with E-state index in [1.165, 1.54) is 0 Å². The second-order valence-electron chi connectivity index (χ2n) is 4.93. The number of carbonyl (C=O) groups excluding carboxylic acids is 1. The predicted molar refractivity (Wildman–Crippen MR) is 65.5 cm³/mol. The Labute approximate surface area is 103 Å². The molecule has 0 radical (unpaired) electrons. The van der Waals surface area contributed by atoms with Gasteiger partial charge in [-0.15, -0.1) is 0 Å². The zero-order valence-corrected chi connectivity index (χ0v) is 10.8. The third-order valence-corrected chi connectivity index (χ3v) is 3.25. The van der Waals surface area contributed by atoms with Crippen LogP contribution in [0.5, 0.6) is 0 Å². The fourth-order valence-corrected chi connectivity index (χ4v) is 2.15. The monoisotopic (exact) mass is 244 g/mol. The highest BCUT2D eigenvalue weighted by atomic mass is 16.5. The first-order valence-electron chi connectivity index (χ1n) is 6.29. The van der Waals surface area contributed by atoms with Gasteiger partial charge in [0, 0.05) is 39.6 Å². The van der Waals surface area contributed by atoms with Crippen molar-refractivity contribution in [1.82, 2.24) is 4.90 Å². The van der Waals surface area contributed by atoms with Gasteiger partial charge in [0.1, 0.15) is 0 Å². The van der Waals surface area contributed by atoms with Gasteiger partial charge < -0.3 is 20.5 Å². The van der Waals surface area contributed by atoms with Crippen LogP contribution < -0.4 is 5.73 Å². The van der Waals surface area contributed by atoms with Crippen molar-refractivity contribution in [3.8, 4) is 0 Å². The molecule has 1 heterocycles. The van der Waals surface area contributed by atoms with Crippen molar-refractivity contribution >= 4 is 5.91 Å². The first-order valence-corrected chi connectivity index (χ1v) is 6.29. The maximum atomic E-state index is 11.9. The van der Waals surface area contributed by atoms with Crippen LogP contribution >= 0.6 is 0 Å². The van der Waals surface area contributed by atoms with Crippen LogP contribution in [0.3, 0.4) is 0 Å². The van der Waals surface area contributed by atoms with Crippen molar-refractivity contribution in [2.24, 2.45) is 5.73 Å². The van der Waals surface area contributed by atoms with Gasteiger partial charge in [0.05, 0.1) is 11.6 Å². The van der Waals surface area contributed by atoms with E-state index in [1.807, 2.05) is 6.92 Å². The summed E-state index contributed by atoms with van der Waals surface area (Å²) < 4.78 is 5.20. The van der Waals surface area contributed by atoms with Gasteiger partial charge >= 0.3 is 0 Å². The molecule has 1 aliphatic rings. The molecule has 0 aromatic heterocycles. The number of aliphatic hydroxyl groups is 1. The summed E-state index contributed by atoms with van der Waals surface area (Å²) >= 11 is 0. The Hall–Kier alpha value is -0.650. The van der Waals surface area contributed by atoms with Crippen LogP contribution in [0, 0.1) is 0 Å². The van der Waals surface area contributed by atoms with Crippen LogP contribution in [0.2, 0.25) is 0 Å². The van der Waals surface area contributed by atoms with Crippen molar-refractivity contribution < 1.29 is 14.6 Å². The molecular formula is C12H24N2O3. The molecule has 0 spiro atoms. The summed E-state index contributed by atoms with van der Waals surface area (Å²) in [4.78, 5) is 13.5. The summed E-state index contributed by atoms with van der Waals surface area (Å²) in [5.41, 5.74) is 4.97. The van der Waals surface area contributed by atoms with E-state index >= 15 is 0 Å². The molecule has 1 rings (SSSR count). The number of likely N-dealkylation sites (N-methyl/N-ethyl adjacent to an activating group) is 1. The molecule has 0 aromatic carbocycles. The van der Waals surface area contributed by atoms with Crippen LogP contribution in [-0.4, -0.2) is 54.4 Å². The number of amides is 1. The fraction of sp³-hybridized carbons (Fsp3) is 0.917. The highest BCUT2D eigenvalue weighted by molar-refractivity contribution is 5.81. The predicted octanol–water partition coefficient (Wildman–Crippen LogP) is 0.114. The summed E-state index contributed by atoms with van der Waals surface area (Å²) in [7, 11) is 1.70. The Morgan fingerprint density at radius 2 is 2.12 bits per heavy atom. The Balaban J connectivity index is 2.46. The van der Waals surface area contributed by atoms with Crippen LogP contribution in [0.1, 0.15) is 32.6 Å². The van der Waals surface area contributed by atoms with Gasteiger partial charge in [-0.2, -0.15) is 0 Å². The van der Waals surface area contributed by atoms with Crippen LogP contribution in [0.4, 0.5) is 0 Å². The maximum Gasteiger partial charge on any atom is 0.239 e. The SMILES string of the molecule is CCC[C@@H](N)C(=O)N(C)CC1(O)CCOCC1. The van der Waals surface area contributed by atoms with Gasteiger partial charge in [-0.05, 0) is 6.42 Å². The molecule has 5 nitrogen and oxygen atoms in total. The smallest absolute Gasteiger partial charge is 0.239 e. The normalized spacial score (nSPS) is 20.9. The Kier molecular flexibility index (Phi) is 5.36. The zero-order valence-electron chi connectivity index (χ0n) is 10.8. The third kappa shape index (κ3) is 4.26. The van der Waals surface area contributed by atoms with Crippen LogP contribution in [0.25, 0.3) is 0 Å². The lowest BCUT2D eigenvalue weighted by Gasteiger charge is -2.36. The summed E-state index contributed by atoms with van der Waals surface area (Å²) in [5, 5.41) is 10.3. The molecule has 5 heteroatoms. The number of hydrogen-bond donors (Lipinski definition) is 2. The molecule has 100 valence electrons. The van der Waals surface area contributed by atoms with E-state index in [2.05, 4.69) is 0 Å². The lowest BCUT2D eigenvalue weighted by Crippen LogP contribution is -2.51. The number of rotatable bonds is 5. The Bertz CT molecular complexity index is 252. The molecule has 1 atom stereocenters. The van der Waals surface area contributed by atoms with Crippen molar-refractivity contribution in [3.05, 3.63) is 0 Å². The highest BCUT2D eigenvalue weighted by Gasteiger charge is 2.33. The largest absolute Gasteiger partial charge is 0.388 e. The van der Waals surface area contributed by atoms with Crippen molar-refractivity contribution in [1.29, 1.82) is 0 Å². The maximum absolute atomic E-state index is 11.9. The minimum atomic E-state index is -0.811. The fourth-order valence-electron chi connectivity index (χ4n) is 2.15. The molecular weight excluding hydrogens is 220 g/mol. The molecule has 0 aromatic rings. The van der Waals surface area contributed by atoms with Crippen molar-refractivity contribution in [3.63, 3.8) is 0 Å². The van der Waals surface area contributed by atoms with E-state index < -0.39 is 11.6 Å². The highest BCUT2D eigenvalue weighted by Crippen LogP contribution is 2.21. The molecule has 0 bridgehead atoms. The molecule has 0 unspecified atom stereocenters. The second-order valence-corrected chi connectivity index (χ2v) is 4.93. The van der Waals surface area contributed by atoms with Gasteiger partial charge in [0.25, 0.3) is 0 Å². The number of nitrogens with zero attached hydrogens (tertiary/aromatic N) is 1. The topological polar surface area (TPSA) is 75.8 Å². The van der Waals surface area contributed by atoms with Gasteiger partial charge in [-0.1, -0.05) is 13.3 Å². The number of ether oxygens (including phenoxy) is 1. The van der Waals surface area contributed by atoms with Crippen LogP contribution in [0.15, 0.2) is 0 Å². The molecule has 1 saturated heterocycles. The third-order valence-electron chi connectivity index (χ3n) is 3.25. The van der Waals surface area contributed by atoms with E-state index in [9.17, 15) is 9.90 Å². The second kappa shape index (κ2) is 6.33. The molecule has 3 N–H and O–H groups in total. The van der Waals surface area contributed by atoms with E-state index in [0.717, 1.165) is 6.42 Å². The number of carbonyl (C=O) groups is 1.